The van der Waals surface area contributed by atoms with Gasteiger partial charge in [0.2, 0.25) is 5.91 Å². The molecule has 0 saturated carbocycles. The van der Waals surface area contributed by atoms with Crippen molar-refractivity contribution >= 4 is 23.4 Å². The minimum atomic E-state index is -0.0694. The zero-order valence-electron chi connectivity index (χ0n) is 16.2. The average molecular weight is 382 g/mol. The zero-order chi connectivity index (χ0) is 19.6. The van der Waals surface area contributed by atoms with E-state index in [4.69, 9.17) is 0 Å². The van der Waals surface area contributed by atoms with Crippen molar-refractivity contribution in [1.82, 2.24) is 19.7 Å². The van der Waals surface area contributed by atoms with Gasteiger partial charge in [-0.05, 0) is 51.8 Å². The highest BCUT2D eigenvalue weighted by molar-refractivity contribution is 8.00. The van der Waals surface area contributed by atoms with E-state index in [1.54, 1.807) is 17.1 Å². The molecule has 3 aromatic rings. The molecule has 0 fully saturated rings. The van der Waals surface area contributed by atoms with Gasteiger partial charge in [0.05, 0.1) is 11.4 Å². The lowest BCUT2D eigenvalue weighted by Gasteiger charge is -2.13. The Morgan fingerprint density at radius 3 is 2.33 bits per heavy atom. The monoisotopic (exact) mass is 381 g/mol. The van der Waals surface area contributed by atoms with E-state index in [2.05, 4.69) is 39.4 Å². The molecular formula is C20H23N5OS. The van der Waals surface area contributed by atoms with Crippen LogP contribution in [0.1, 0.15) is 28.1 Å². The van der Waals surface area contributed by atoms with E-state index in [-0.39, 0.29) is 11.7 Å². The number of carbonyl (C=O) groups is 1. The SMILES string of the molecule is Cc1cc(C)c(NC(=O)CSc2nccnc2-n2nc(C)cc2C)c(C)c1. The van der Waals surface area contributed by atoms with Crippen molar-refractivity contribution < 1.29 is 4.79 Å². The molecule has 0 aliphatic rings. The van der Waals surface area contributed by atoms with Crippen LogP contribution >= 0.6 is 11.8 Å². The third-order valence-electron chi connectivity index (χ3n) is 4.14. The van der Waals surface area contributed by atoms with Crippen molar-refractivity contribution in [2.24, 2.45) is 0 Å². The second-order valence-electron chi connectivity index (χ2n) is 6.63. The van der Waals surface area contributed by atoms with E-state index < -0.39 is 0 Å². The molecule has 6 nitrogen and oxygen atoms in total. The number of hydrogen-bond acceptors (Lipinski definition) is 5. The third kappa shape index (κ3) is 4.36. The minimum Gasteiger partial charge on any atom is -0.325 e. The van der Waals surface area contributed by atoms with Crippen LogP contribution in [0.25, 0.3) is 5.82 Å². The Morgan fingerprint density at radius 2 is 1.70 bits per heavy atom. The highest BCUT2D eigenvalue weighted by Crippen LogP contribution is 2.25. The molecule has 2 heterocycles. The van der Waals surface area contributed by atoms with Crippen LogP contribution in [0.15, 0.2) is 35.6 Å². The maximum atomic E-state index is 12.5. The average Bonchev–Trinajstić information content (AvgIpc) is 2.94. The van der Waals surface area contributed by atoms with Gasteiger partial charge in [-0.3, -0.25) is 4.79 Å². The second-order valence-corrected chi connectivity index (χ2v) is 7.60. The van der Waals surface area contributed by atoms with Crippen LogP contribution in [0.2, 0.25) is 0 Å². The smallest absolute Gasteiger partial charge is 0.234 e. The van der Waals surface area contributed by atoms with Crippen LogP contribution < -0.4 is 5.32 Å². The predicted octanol–water partition coefficient (Wildman–Crippen LogP) is 3.94. The topological polar surface area (TPSA) is 72.7 Å². The number of benzene rings is 1. The Bertz CT molecular complexity index is 973. The summed E-state index contributed by atoms with van der Waals surface area (Å²) in [4.78, 5) is 21.3. The first kappa shape index (κ1) is 19.1. The van der Waals surface area contributed by atoms with Crippen LogP contribution in [-0.4, -0.2) is 31.4 Å². The van der Waals surface area contributed by atoms with Gasteiger partial charge in [-0.2, -0.15) is 5.10 Å². The number of thioether (sulfide) groups is 1. The molecule has 1 N–H and O–H groups in total. The summed E-state index contributed by atoms with van der Waals surface area (Å²) in [6.07, 6.45) is 3.26. The van der Waals surface area contributed by atoms with E-state index in [0.717, 1.165) is 28.2 Å². The number of anilines is 1. The second kappa shape index (κ2) is 7.92. The first-order valence-electron chi connectivity index (χ1n) is 8.70. The Balaban J connectivity index is 1.74. The molecule has 0 radical (unpaired) electrons. The molecule has 2 aromatic heterocycles. The van der Waals surface area contributed by atoms with Crippen molar-refractivity contribution in [3.8, 4) is 5.82 Å². The van der Waals surface area contributed by atoms with E-state index in [1.165, 1.54) is 17.3 Å². The van der Waals surface area contributed by atoms with Crippen molar-refractivity contribution in [2.75, 3.05) is 11.1 Å². The molecule has 0 spiro atoms. The van der Waals surface area contributed by atoms with E-state index in [1.807, 2.05) is 33.8 Å². The lowest BCUT2D eigenvalue weighted by atomic mass is 10.1. The fourth-order valence-electron chi connectivity index (χ4n) is 3.09. The fraction of sp³-hybridized carbons (Fsp3) is 0.300. The summed E-state index contributed by atoms with van der Waals surface area (Å²) in [5.74, 6) is 0.821. The van der Waals surface area contributed by atoms with Gasteiger partial charge in [0.25, 0.3) is 0 Å². The molecular weight excluding hydrogens is 358 g/mol. The lowest BCUT2D eigenvalue weighted by Crippen LogP contribution is -2.16. The van der Waals surface area contributed by atoms with Crippen LogP contribution in [0.3, 0.4) is 0 Å². The number of rotatable bonds is 5. The van der Waals surface area contributed by atoms with E-state index in [0.29, 0.717) is 10.8 Å². The minimum absolute atomic E-state index is 0.0694. The number of nitrogens with zero attached hydrogens (tertiary/aromatic N) is 4. The normalized spacial score (nSPS) is 10.9. The molecule has 27 heavy (non-hydrogen) atoms. The maximum Gasteiger partial charge on any atom is 0.234 e. The Kier molecular flexibility index (Phi) is 5.60. The van der Waals surface area contributed by atoms with Crippen LogP contribution in [-0.2, 0) is 4.79 Å². The molecule has 7 heteroatoms. The number of hydrogen-bond donors (Lipinski definition) is 1. The molecule has 140 valence electrons. The molecule has 1 amide bonds. The van der Waals surface area contributed by atoms with Gasteiger partial charge < -0.3 is 5.32 Å². The van der Waals surface area contributed by atoms with Gasteiger partial charge in [-0.1, -0.05) is 29.5 Å². The number of amides is 1. The zero-order valence-corrected chi connectivity index (χ0v) is 17.0. The van der Waals surface area contributed by atoms with Gasteiger partial charge in [0.1, 0.15) is 5.03 Å². The summed E-state index contributed by atoms with van der Waals surface area (Å²) in [6, 6.07) is 6.12. The largest absolute Gasteiger partial charge is 0.325 e. The lowest BCUT2D eigenvalue weighted by molar-refractivity contribution is -0.113. The Morgan fingerprint density at radius 1 is 1.04 bits per heavy atom. The standard InChI is InChI=1S/C20H23N5OS/c1-12-8-13(2)18(14(3)9-12)23-17(26)11-27-20-19(21-6-7-22-20)25-16(5)10-15(4)24-25/h6-10H,11H2,1-5H3,(H,23,26). The maximum absolute atomic E-state index is 12.5. The summed E-state index contributed by atoms with van der Waals surface area (Å²) in [5, 5.41) is 8.17. The number of aryl methyl sites for hydroxylation is 5. The molecule has 0 bridgehead atoms. The molecule has 0 unspecified atom stereocenters. The molecule has 1 aromatic carbocycles. The van der Waals surface area contributed by atoms with Gasteiger partial charge >= 0.3 is 0 Å². The highest BCUT2D eigenvalue weighted by Gasteiger charge is 2.14. The highest BCUT2D eigenvalue weighted by atomic mass is 32.2. The number of nitrogens with one attached hydrogen (secondary N) is 1. The predicted molar refractivity (Wildman–Crippen MR) is 109 cm³/mol. The van der Waals surface area contributed by atoms with Gasteiger partial charge in [0, 0.05) is 23.8 Å². The van der Waals surface area contributed by atoms with E-state index >= 15 is 0 Å². The summed E-state index contributed by atoms with van der Waals surface area (Å²) < 4.78 is 1.76. The quantitative estimate of drug-likeness (QED) is 0.678. The van der Waals surface area contributed by atoms with Crippen LogP contribution in [0.4, 0.5) is 5.69 Å². The van der Waals surface area contributed by atoms with Gasteiger partial charge in [-0.15, -0.1) is 0 Å². The van der Waals surface area contributed by atoms with Gasteiger partial charge in [0.15, 0.2) is 5.82 Å². The fourth-order valence-corrected chi connectivity index (χ4v) is 3.84. The molecule has 0 aliphatic heterocycles. The van der Waals surface area contributed by atoms with Crippen molar-refractivity contribution in [1.29, 1.82) is 0 Å². The van der Waals surface area contributed by atoms with Crippen LogP contribution in [0, 0.1) is 34.6 Å². The third-order valence-corrected chi connectivity index (χ3v) is 5.11. The van der Waals surface area contributed by atoms with Crippen molar-refractivity contribution in [2.45, 2.75) is 39.6 Å². The molecule has 3 rings (SSSR count). The molecule has 0 aliphatic carbocycles. The summed E-state index contributed by atoms with van der Waals surface area (Å²) in [6.45, 7) is 9.97. The first-order valence-corrected chi connectivity index (χ1v) is 9.69. The first-order chi connectivity index (χ1) is 12.8. The Labute approximate surface area is 163 Å². The van der Waals surface area contributed by atoms with Crippen LogP contribution in [0.5, 0.6) is 0 Å². The summed E-state index contributed by atoms with van der Waals surface area (Å²) >= 11 is 1.36. The molecule has 0 saturated heterocycles. The Hall–Kier alpha value is -2.67. The van der Waals surface area contributed by atoms with E-state index in [9.17, 15) is 4.79 Å². The number of carbonyl (C=O) groups excluding carboxylic acids is 1. The summed E-state index contributed by atoms with van der Waals surface area (Å²) in [5.41, 5.74) is 6.08. The van der Waals surface area contributed by atoms with Crippen molar-refractivity contribution in [3.63, 3.8) is 0 Å². The summed E-state index contributed by atoms with van der Waals surface area (Å²) in [7, 11) is 0. The van der Waals surface area contributed by atoms with Crippen molar-refractivity contribution in [3.05, 3.63) is 58.7 Å². The molecule has 0 atom stereocenters. The van der Waals surface area contributed by atoms with Gasteiger partial charge in [-0.25, -0.2) is 14.6 Å². The number of aromatic nitrogens is 4.